The van der Waals surface area contributed by atoms with Crippen molar-refractivity contribution in [1.29, 1.82) is 0 Å². The van der Waals surface area contributed by atoms with Crippen LogP contribution in [0.15, 0.2) is 16.7 Å². The van der Waals surface area contributed by atoms with Gasteiger partial charge in [-0.1, -0.05) is 51.9 Å². The van der Waals surface area contributed by atoms with Crippen molar-refractivity contribution >= 4 is 11.9 Å². The van der Waals surface area contributed by atoms with Crippen LogP contribution in [0.4, 0.5) is 0 Å². The lowest BCUT2D eigenvalue weighted by Gasteiger charge is -2.72. The lowest BCUT2D eigenvalue weighted by atomic mass is 9.32. The van der Waals surface area contributed by atoms with Gasteiger partial charge in [0.1, 0.15) is 0 Å². The van der Waals surface area contributed by atoms with Gasteiger partial charge < -0.3 is 14.4 Å². The SMILES string of the molecule is C=C(C)[C@@H]1CC[C@]2(C(=O)O)CC[C@]3(C)[C@H](CC[C@@H]4[C@@]5(C)Cc6c(noc6C(=O)OCC)C(C)(C)[C@@H]5CC[C@]43C)[C@@H]12. The van der Waals surface area contributed by atoms with E-state index < -0.39 is 17.4 Å². The molecule has 4 fully saturated rings. The number of esters is 1. The molecule has 0 amide bonds. The van der Waals surface area contributed by atoms with Gasteiger partial charge in [0.2, 0.25) is 5.76 Å². The summed E-state index contributed by atoms with van der Waals surface area (Å²) in [5.41, 5.74) is 2.37. The number of carboxylic acid groups (broad SMARTS) is 1. The average molecular weight is 552 g/mol. The van der Waals surface area contributed by atoms with E-state index in [9.17, 15) is 14.7 Å². The second-order valence-corrected chi connectivity index (χ2v) is 15.6. The Bertz CT molecular complexity index is 1260. The molecule has 6 heteroatoms. The minimum atomic E-state index is -0.600. The minimum Gasteiger partial charge on any atom is -0.481 e. The Morgan fingerprint density at radius 3 is 2.38 bits per heavy atom. The maximum absolute atomic E-state index is 12.9. The monoisotopic (exact) mass is 551 g/mol. The average Bonchev–Trinajstić information content (AvgIpc) is 3.47. The molecule has 0 unspecified atom stereocenters. The topological polar surface area (TPSA) is 89.6 Å². The van der Waals surface area contributed by atoms with E-state index in [1.54, 1.807) is 0 Å². The summed E-state index contributed by atoms with van der Waals surface area (Å²) < 4.78 is 11.1. The number of fused-ring (bicyclic) bond motifs is 8. The van der Waals surface area contributed by atoms with Gasteiger partial charge in [0, 0.05) is 11.0 Å². The predicted molar refractivity (Wildman–Crippen MR) is 153 cm³/mol. The molecule has 0 aliphatic heterocycles. The van der Waals surface area contributed by atoms with Gasteiger partial charge in [-0.25, -0.2) is 4.79 Å². The number of carbonyl (C=O) groups excluding carboxylic acids is 1. The minimum absolute atomic E-state index is 0.0188. The molecule has 9 atom stereocenters. The third-order valence-electron chi connectivity index (χ3n) is 14.0. The Labute approximate surface area is 239 Å². The van der Waals surface area contributed by atoms with Crippen LogP contribution >= 0.6 is 0 Å². The summed E-state index contributed by atoms with van der Waals surface area (Å²) in [6.07, 6.45) is 8.72. The van der Waals surface area contributed by atoms with Gasteiger partial charge >= 0.3 is 11.9 Å². The zero-order valence-corrected chi connectivity index (χ0v) is 25.7. The molecule has 0 radical (unpaired) electrons. The number of aliphatic carboxylic acids is 1. The van der Waals surface area contributed by atoms with E-state index in [2.05, 4.69) is 53.3 Å². The molecule has 6 nitrogen and oxygen atoms in total. The maximum atomic E-state index is 12.9. The van der Waals surface area contributed by atoms with Crippen molar-refractivity contribution in [3.05, 3.63) is 29.2 Å². The van der Waals surface area contributed by atoms with Crippen molar-refractivity contribution in [3.8, 4) is 0 Å². The van der Waals surface area contributed by atoms with E-state index in [0.29, 0.717) is 30.3 Å². The number of carboxylic acids is 1. The second kappa shape index (κ2) is 8.70. The number of aromatic nitrogens is 1. The molecule has 1 N–H and O–H groups in total. The summed E-state index contributed by atoms with van der Waals surface area (Å²) in [5, 5.41) is 15.1. The van der Waals surface area contributed by atoms with Gasteiger partial charge in [-0.3, -0.25) is 4.79 Å². The summed E-state index contributed by atoms with van der Waals surface area (Å²) in [6.45, 7) is 20.7. The Hall–Kier alpha value is -2.11. The first-order chi connectivity index (χ1) is 18.7. The number of carbonyl (C=O) groups is 2. The lowest BCUT2D eigenvalue weighted by molar-refractivity contribution is -0.227. The van der Waals surface area contributed by atoms with Crippen LogP contribution in [-0.2, 0) is 21.4 Å². The number of ether oxygens (including phenoxy) is 1. The highest BCUT2D eigenvalue weighted by atomic mass is 16.6. The molecule has 6 rings (SSSR count). The van der Waals surface area contributed by atoms with Crippen molar-refractivity contribution in [1.82, 2.24) is 5.16 Å². The molecule has 4 saturated carbocycles. The Morgan fingerprint density at radius 2 is 1.73 bits per heavy atom. The van der Waals surface area contributed by atoms with Crippen molar-refractivity contribution in [2.75, 3.05) is 6.61 Å². The van der Waals surface area contributed by atoms with Crippen LogP contribution in [-0.4, -0.2) is 28.8 Å². The zero-order valence-electron chi connectivity index (χ0n) is 25.7. The maximum Gasteiger partial charge on any atom is 0.377 e. The van der Waals surface area contributed by atoms with Crippen molar-refractivity contribution in [2.45, 2.75) is 112 Å². The highest BCUT2D eigenvalue weighted by Crippen LogP contribution is 2.77. The number of hydrogen-bond donors (Lipinski definition) is 1. The van der Waals surface area contributed by atoms with Crippen LogP contribution in [0.5, 0.6) is 0 Å². The highest BCUT2D eigenvalue weighted by Gasteiger charge is 2.72. The third kappa shape index (κ3) is 3.25. The van der Waals surface area contributed by atoms with Crippen molar-refractivity contribution < 1.29 is 24.0 Å². The largest absolute Gasteiger partial charge is 0.481 e. The molecule has 0 bridgehead atoms. The fourth-order valence-electron chi connectivity index (χ4n) is 12.2. The number of rotatable bonds is 4. The molecule has 220 valence electrons. The lowest BCUT2D eigenvalue weighted by Crippen LogP contribution is -2.67. The molecule has 5 aliphatic rings. The van der Waals surface area contributed by atoms with E-state index in [1.165, 1.54) is 5.57 Å². The summed E-state index contributed by atoms with van der Waals surface area (Å²) >= 11 is 0. The van der Waals surface area contributed by atoms with Crippen LogP contribution in [0.1, 0.15) is 122 Å². The Morgan fingerprint density at radius 1 is 1.00 bits per heavy atom. The molecule has 0 saturated heterocycles. The first-order valence-electron chi connectivity index (χ1n) is 15.7. The quantitative estimate of drug-likeness (QED) is 0.306. The fourth-order valence-corrected chi connectivity index (χ4v) is 12.2. The van der Waals surface area contributed by atoms with Crippen molar-refractivity contribution in [3.63, 3.8) is 0 Å². The first-order valence-corrected chi connectivity index (χ1v) is 15.7. The van der Waals surface area contributed by atoms with Gasteiger partial charge in [-0.15, -0.1) is 0 Å². The fraction of sp³-hybridized carbons (Fsp3) is 0.794. The van der Waals surface area contributed by atoms with E-state index >= 15 is 0 Å². The molecular weight excluding hydrogens is 502 g/mol. The molecule has 5 aliphatic carbocycles. The molecule has 0 aromatic carbocycles. The molecule has 1 heterocycles. The number of nitrogens with zero attached hydrogens (tertiary/aromatic N) is 1. The van der Waals surface area contributed by atoms with Gasteiger partial charge in [-0.2, -0.15) is 0 Å². The first kappa shape index (κ1) is 28.0. The molecule has 1 aromatic heterocycles. The highest BCUT2D eigenvalue weighted by molar-refractivity contribution is 5.88. The summed E-state index contributed by atoms with van der Waals surface area (Å²) in [5.74, 6) is 1.07. The van der Waals surface area contributed by atoms with Gasteiger partial charge in [0.15, 0.2) is 0 Å². The van der Waals surface area contributed by atoms with E-state index in [-0.39, 0.29) is 33.3 Å². The van der Waals surface area contributed by atoms with Crippen LogP contribution in [0, 0.1) is 51.2 Å². The van der Waals surface area contributed by atoms with Crippen molar-refractivity contribution in [2.24, 2.45) is 51.2 Å². The second-order valence-electron chi connectivity index (χ2n) is 15.6. The van der Waals surface area contributed by atoms with E-state index in [0.717, 1.165) is 69.0 Å². The molecule has 0 spiro atoms. The smallest absolute Gasteiger partial charge is 0.377 e. The molecular formula is C34H49NO5. The number of hydrogen-bond acceptors (Lipinski definition) is 5. The number of allylic oxidation sites excluding steroid dienone is 1. The van der Waals surface area contributed by atoms with E-state index in [1.807, 2.05) is 6.92 Å². The van der Waals surface area contributed by atoms with Gasteiger partial charge in [-0.05, 0) is 117 Å². The Kier molecular flexibility index (Phi) is 6.10. The normalized spacial score (nSPS) is 44.8. The summed E-state index contributed by atoms with van der Waals surface area (Å²) in [7, 11) is 0. The van der Waals surface area contributed by atoms with Crippen LogP contribution in [0.25, 0.3) is 0 Å². The van der Waals surface area contributed by atoms with Gasteiger partial charge in [0.05, 0.1) is 17.7 Å². The summed E-state index contributed by atoms with van der Waals surface area (Å²) in [4.78, 5) is 25.8. The van der Waals surface area contributed by atoms with Crippen LogP contribution < -0.4 is 0 Å². The van der Waals surface area contributed by atoms with Gasteiger partial charge in [0.25, 0.3) is 0 Å². The predicted octanol–water partition coefficient (Wildman–Crippen LogP) is 7.61. The Balaban J connectivity index is 1.43. The zero-order chi connectivity index (χ0) is 29.0. The van der Waals surface area contributed by atoms with E-state index in [4.69, 9.17) is 9.26 Å². The summed E-state index contributed by atoms with van der Waals surface area (Å²) in [6, 6.07) is 0. The molecule has 40 heavy (non-hydrogen) atoms. The molecule has 1 aromatic rings. The van der Waals surface area contributed by atoms with Crippen LogP contribution in [0.3, 0.4) is 0 Å². The van der Waals surface area contributed by atoms with Crippen LogP contribution in [0.2, 0.25) is 0 Å². The standard InChI is InChI=1S/C34H49NO5/c1-9-39-28(36)26-21-18-31(6)23(30(4,5)27(21)35-40-26)13-14-33(8)24(31)11-10-22-25-20(19(2)3)12-15-34(25,29(37)38)17-16-32(22,33)7/h20,22-25H,2,9-18H2,1,3-8H3,(H,37,38)/t20-,22+,23-,24+,25+,31-,32+,33+,34-/m0/s1. The third-order valence-corrected chi connectivity index (χ3v) is 14.0.